The van der Waals surface area contributed by atoms with Gasteiger partial charge in [-0.05, 0) is 42.0 Å². The lowest BCUT2D eigenvalue weighted by molar-refractivity contribution is 0.102. The first kappa shape index (κ1) is 19.8. The highest BCUT2D eigenvalue weighted by Crippen LogP contribution is 2.28. The number of ether oxygens (including phenoxy) is 1. The van der Waals surface area contributed by atoms with Crippen molar-refractivity contribution in [1.29, 1.82) is 0 Å². The van der Waals surface area contributed by atoms with Crippen molar-refractivity contribution >= 4 is 40.1 Å². The van der Waals surface area contributed by atoms with E-state index in [-0.39, 0.29) is 5.91 Å². The number of nitrogens with zero attached hydrogens (tertiary/aromatic N) is 2. The summed E-state index contributed by atoms with van der Waals surface area (Å²) >= 11 is 1.65. The molecule has 4 rings (SSSR count). The molecule has 152 valence electrons. The van der Waals surface area contributed by atoms with Gasteiger partial charge in [-0.25, -0.2) is 4.98 Å². The number of nitrogens with two attached hydrogens (primary N) is 1. The summed E-state index contributed by atoms with van der Waals surface area (Å²) < 4.78 is 7.37. The Morgan fingerprint density at radius 3 is 2.63 bits per heavy atom. The number of aromatic nitrogens is 2. The summed E-state index contributed by atoms with van der Waals surface area (Å²) in [4.78, 5) is 17.2. The molecule has 0 saturated heterocycles. The van der Waals surface area contributed by atoms with E-state index in [9.17, 15) is 4.79 Å². The standard InChI is InChI=1S/C23H22N4O2S/c1-27-21-13-17(29-2)11-12-20(21)26-23(27)30-14-15-7-9-16(10-8-15)22(28)25-19-6-4-3-5-18(19)24/h3-13H,14,24H2,1-2H3,(H,25,28). The van der Waals surface area contributed by atoms with Gasteiger partial charge >= 0.3 is 0 Å². The van der Waals surface area contributed by atoms with E-state index in [2.05, 4.69) is 9.88 Å². The lowest BCUT2D eigenvalue weighted by Crippen LogP contribution is -2.13. The number of carbonyl (C=O) groups excluding carboxylic acids is 1. The highest BCUT2D eigenvalue weighted by atomic mass is 32.2. The summed E-state index contributed by atoms with van der Waals surface area (Å²) in [5.74, 6) is 1.38. The molecule has 1 aromatic heterocycles. The molecule has 0 atom stereocenters. The fourth-order valence-corrected chi connectivity index (χ4v) is 4.05. The Morgan fingerprint density at radius 1 is 1.13 bits per heavy atom. The number of rotatable bonds is 6. The zero-order chi connectivity index (χ0) is 21.1. The van der Waals surface area contributed by atoms with Crippen LogP contribution in [-0.2, 0) is 12.8 Å². The van der Waals surface area contributed by atoms with E-state index in [1.807, 2.05) is 61.6 Å². The van der Waals surface area contributed by atoms with Gasteiger partial charge in [0, 0.05) is 24.4 Å². The molecule has 0 aliphatic heterocycles. The Labute approximate surface area is 179 Å². The van der Waals surface area contributed by atoms with Gasteiger partial charge in [-0.3, -0.25) is 4.79 Å². The molecule has 3 N–H and O–H groups in total. The van der Waals surface area contributed by atoms with Gasteiger partial charge in [-0.15, -0.1) is 0 Å². The molecule has 0 bridgehead atoms. The van der Waals surface area contributed by atoms with Gasteiger partial charge in [0.2, 0.25) is 0 Å². The molecule has 0 unspecified atom stereocenters. The van der Waals surface area contributed by atoms with Crippen LogP contribution in [-0.4, -0.2) is 22.6 Å². The number of anilines is 2. The van der Waals surface area contributed by atoms with Crippen LogP contribution in [0.25, 0.3) is 11.0 Å². The van der Waals surface area contributed by atoms with Crippen molar-refractivity contribution in [3.63, 3.8) is 0 Å². The van der Waals surface area contributed by atoms with E-state index in [0.717, 1.165) is 33.3 Å². The van der Waals surface area contributed by atoms with Gasteiger partial charge in [0.25, 0.3) is 5.91 Å². The van der Waals surface area contributed by atoms with Crippen molar-refractivity contribution in [3.8, 4) is 5.75 Å². The lowest BCUT2D eigenvalue weighted by Gasteiger charge is -2.08. The summed E-state index contributed by atoms with van der Waals surface area (Å²) in [6.07, 6.45) is 0. The Kier molecular flexibility index (Phi) is 5.63. The lowest BCUT2D eigenvalue weighted by atomic mass is 10.1. The molecule has 0 radical (unpaired) electrons. The van der Waals surface area contributed by atoms with Crippen LogP contribution < -0.4 is 15.8 Å². The molecule has 3 aromatic carbocycles. The molecule has 6 nitrogen and oxygen atoms in total. The van der Waals surface area contributed by atoms with E-state index in [4.69, 9.17) is 15.5 Å². The first-order chi connectivity index (χ1) is 14.5. The summed E-state index contributed by atoms with van der Waals surface area (Å²) in [6, 6.07) is 20.6. The third kappa shape index (κ3) is 4.11. The topological polar surface area (TPSA) is 82.2 Å². The molecule has 0 saturated carbocycles. The molecule has 0 aliphatic carbocycles. The molecule has 1 amide bonds. The van der Waals surface area contributed by atoms with Gasteiger partial charge in [0.1, 0.15) is 5.75 Å². The first-order valence-electron chi connectivity index (χ1n) is 9.43. The van der Waals surface area contributed by atoms with Gasteiger partial charge < -0.3 is 20.4 Å². The van der Waals surface area contributed by atoms with Crippen LogP contribution in [0.2, 0.25) is 0 Å². The number of nitrogen functional groups attached to an aromatic ring is 1. The number of hydrogen-bond acceptors (Lipinski definition) is 5. The molecule has 7 heteroatoms. The number of amides is 1. The van der Waals surface area contributed by atoms with Crippen LogP contribution in [0.3, 0.4) is 0 Å². The smallest absolute Gasteiger partial charge is 0.255 e. The molecule has 30 heavy (non-hydrogen) atoms. The van der Waals surface area contributed by atoms with E-state index < -0.39 is 0 Å². The van der Waals surface area contributed by atoms with Crippen LogP contribution in [0.4, 0.5) is 11.4 Å². The number of fused-ring (bicyclic) bond motifs is 1. The van der Waals surface area contributed by atoms with E-state index in [1.165, 1.54) is 0 Å². The van der Waals surface area contributed by atoms with E-state index >= 15 is 0 Å². The van der Waals surface area contributed by atoms with Crippen LogP contribution in [0, 0.1) is 0 Å². The second-order valence-corrected chi connectivity index (χ2v) is 7.78. The maximum Gasteiger partial charge on any atom is 0.255 e. The predicted octanol–water partition coefficient (Wildman–Crippen LogP) is 4.71. The fourth-order valence-electron chi connectivity index (χ4n) is 3.11. The summed E-state index contributed by atoms with van der Waals surface area (Å²) in [5.41, 5.74) is 10.7. The van der Waals surface area contributed by atoms with E-state index in [0.29, 0.717) is 16.9 Å². The Balaban J connectivity index is 1.43. The quantitative estimate of drug-likeness (QED) is 0.350. The summed E-state index contributed by atoms with van der Waals surface area (Å²) in [6.45, 7) is 0. The number of carbonyl (C=O) groups is 1. The second-order valence-electron chi connectivity index (χ2n) is 6.84. The monoisotopic (exact) mass is 418 g/mol. The number of para-hydroxylation sites is 2. The normalized spacial score (nSPS) is 10.9. The number of aryl methyl sites for hydroxylation is 1. The molecule has 0 fully saturated rings. The minimum Gasteiger partial charge on any atom is -0.497 e. The van der Waals surface area contributed by atoms with Crippen LogP contribution in [0.1, 0.15) is 15.9 Å². The number of nitrogens with one attached hydrogen (secondary N) is 1. The average molecular weight is 419 g/mol. The van der Waals surface area contributed by atoms with Crippen molar-refractivity contribution in [1.82, 2.24) is 9.55 Å². The minimum atomic E-state index is -0.184. The molecular weight excluding hydrogens is 396 g/mol. The molecular formula is C23H22N4O2S. The third-order valence-corrected chi connectivity index (χ3v) is 5.94. The molecule has 1 heterocycles. The Bertz CT molecular complexity index is 1200. The van der Waals surface area contributed by atoms with Crippen LogP contribution in [0.5, 0.6) is 5.75 Å². The minimum absolute atomic E-state index is 0.184. The number of imidazole rings is 1. The van der Waals surface area contributed by atoms with Gasteiger partial charge in [-0.1, -0.05) is 36.0 Å². The number of thioether (sulfide) groups is 1. The zero-order valence-electron chi connectivity index (χ0n) is 16.8. The van der Waals surface area contributed by atoms with Crippen molar-refractivity contribution in [2.24, 2.45) is 7.05 Å². The Morgan fingerprint density at radius 2 is 1.90 bits per heavy atom. The summed E-state index contributed by atoms with van der Waals surface area (Å²) in [7, 11) is 3.66. The third-order valence-electron chi connectivity index (χ3n) is 4.84. The first-order valence-corrected chi connectivity index (χ1v) is 10.4. The number of methoxy groups -OCH3 is 1. The highest BCUT2D eigenvalue weighted by Gasteiger charge is 2.11. The largest absolute Gasteiger partial charge is 0.497 e. The highest BCUT2D eigenvalue weighted by molar-refractivity contribution is 7.98. The maximum absolute atomic E-state index is 12.5. The average Bonchev–Trinajstić information content (AvgIpc) is 3.09. The predicted molar refractivity (Wildman–Crippen MR) is 122 cm³/mol. The van der Waals surface area contributed by atoms with Gasteiger partial charge in [-0.2, -0.15) is 0 Å². The second kappa shape index (κ2) is 8.51. The van der Waals surface area contributed by atoms with Crippen molar-refractivity contribution < 1.29 is 9.53 Å². The molecule has 0 aliphatic rings. The van der Waals surface area contributed by atoms with Crippen molar-refractivity contribution in [3.05, 3.63) is 77.9 Å². The number of benzene rings is 3. The number of hydrogen-bond donors (Lipinski definition) is 2. The van der Waals surface area contributed by atoms with Crippen molar-refractivity contribution in [2.45, 2.75) is 10.9 Å². The molecule has 4 aromatic rings. The van der Waals surface area contributed by atoms with Crippen LogP contribution in [0.15, 0.2) is 71.9 Å². The van der Waals surface area contributed by atoms with Crippen LogP contribution >= 0.6 is 11.8 Å². The van der Waals surface area contributed by atoms with Gasteiger partial charge in [0.05, 0.1) is 29.5 Å². The maximum atomic E-state index is 12.5. The zero-order valence-corrected chi connectivity index (χ0v) is 17.6. The van der Waals surface area contributed by atoms with Crippen molar-refractivity contribution in [2.75, 3.05) is 18.2 Å². The Hall–Kier alpha value is -3.45. The van der Waals surface area contributed by atoms with Gasteiger partial charge in [0.15, 0.2) is 5.16 Å². The summed E-state index contributed by atoms with van der Waals surface area (Å²) in [5, 5.41) is 3.77. The SMILES string of the molecule is COc1ccc2nc(SCc3ccc(C(=O)Nc4ccccc4N)cc3)n(C)c2c1. The van der Waals surface area contributed by atoms with E-state index in [1.54, 1.807) is 31.0 Å². The fraction of sp³-hybridized carbons (Fsp3) is 0.130. The molecule has 0 spiro atoms.